The summed E-state index contributed by atoms with van der Waals surface area (Å²) in [6, 6.07) is 3.35. The molecule has 0 aliphatic rings. The predicted molar refractivity (Wildman–Crippen MR) is 54.3 cm³/mol. The number of rotatable bonds is 5. The molecule has 17 heavy (non-hydrogen) atoms. The molecule has 0 saturated carbocycles. The van der Waals surface area contributed by atoms with E-state index in [0.717, 1.165) is 12.1 Å². The van der Waals surface area contributed by atoms with E-state index < -0.39 is 34.3 Å². The Kier molecular flexibility index (Phi) is 4.08. The third kappa shape index (κ3) is 2.96. The second-order valence-electron chi connectivity index (χ2n) is 3.06. The average Bonchev–Trinajstić information content (AvgIpc) is 2.26. The minimum Gasteiger partial charge on any atom is -0.434 e. The fourth-order valence-corrected chi connectivity index (χ4v) is 1.32. The molecule has 92 valence electrons. The van der Waals surface area contributed by atoms with Crippen molar-refractivity contribution < 1.29 is 23.2 Å². The maximum absolute atomic E-state index is 12.1. The van der Waals surface area contributed by atoms with Gasteiger partial charge in [-0.2, -0.15) is 8.78 Å². The van der Waals surface area contributed by atoms with Crippen LogP contribution in [0.3, 0.4) is 0 Å². The summed E-state index contributed by atoms with van der Waals surface area (Å²) in [6.07, 6.45) is -0.0373. The number of nitro benzene ring substituents is 1. The molecule has 1 aromatic carbocycles. The summed E-state index contributed by atoms with van der Waals surface area (Å²) in [7, 11) is 0. The Labute approximate surface area is 95.2 Å². The van der Waals surface area contributed by atoms with Crippen LogP contribution in [0.25, 0.3) is 0 Å². The second kappa shape index (κ2) is 5.33. The third-order valence-corrected chi connectivity index (χ3v) is 2.02. The lowest BCUT2D eigenvalue weighted by Gasteiger charge is -2.09. The maximum Gasteiger partial charge on any atom is 0.387 e. The first-order valence-corrected chi connectivity index (χ1v) is 4.72. The van der Waals surface area contributed by atoms with Gasteiger partial charge in [0.25, 0.3) is 5.69 Å². The number of Topliss-reactive ketones (excluding diaryl/α,β-unsaturated/α-hetero) is 1. The summed E-state index contributed by atoms with van der Waals surface area (Å²) >= 11 is 0. The van der Waals surface area contributed by atoms with E-state index in [1.54, 1.807) is 0 Å². The first-order valence-electron chi connectivity index (χ1n) is 4.72. The molecule has 0 saturated heterocycles. The number of nitro groups is 1. The lowest BCUT2D eigenvalue weighted by atomic mass is 10.1. The van der Waals surface area contributed by atoms with Crippen LogP contribution in [0.15, 0.2) is 18.2 Å². The number of alkyl halides is 2. The molecular weight excluding hydrogens is 236 g/mol. The van der Waals surface area contributed by atoms with Crippen LogP contribution in [-0.2, 0) is 0 Å². The second-order valence-corrected chi connectivity index (χ2v) is 3.06. The summed E-state index contributed by atoms with van der Waals surface area (Å²) in [5, 5.41) is 10.7. The van der Waals surface area contributed by atoms with Crippen LogP contribution in [0.2, 0.25) is 0 Å². The monoisotopic (exact) mass is 245 g/mol. The van der Waals surface area contributed by atoms with Crippen molar-refractivity contribution >= 4 is 11.5 Å². The van der Waals surface area contributed by atoms with E-state index in [1.165, 1.54) is 13.0 Å². The van der Waals surface area contributed by atoms with Crippen molar-refractivity contribution in [2.75, 3.05) is 0 Å². The molecule has 1 rings (SSSR count). The van der Waals surface area contributed by atoms with Gasteiger partial charge in [0, 0.05) is 12.5 Å². The molecule has 0 aromatic heterocycles. The highest BCUT2D eigenvalue weighted by Crippen LogP contribution is 2.30. The van der Waals surface area contributed by atoms with E-state index in [-0.39, 0.29) is 6.42 Å². The zero-order valence-corrected chi connectivity index (χ0v) is 8.85. The SMILES string of the molecule is CCC(=O)c1c(OC(F)F)cccc1[N+](=O)[O-]. The van der Waals surface area contributed by atoms with Gasteiger partial charge in [0.1, 0.15) is 11.3 Å². The standard InChI is InChI=1S/C10H9F2NO4/c1-2-7(14)9-6(13(15)16)4-3-5-8(9)17-10(11)12/h3-5,10H,2H2,1H3. The highest BCUT2D eigenvalue weighted by atomic mass is 19.3. The van der Waals surface area contributed by atoms with Gasteiger partial charge in [-0.3, -0.25) is 14.9 Å². The molecule has 0 aliphatic heterocycles. The van der Waals surface area contributed by atoms with Crippen molar-refractivity contribution in [3.8, 4) is 5.75 Å². The van der Waals surface area contributed by atoms with Crippen molar-refractivity contribution in [1.29, 1.82) is 0 Å². The van der Waals surface area contributed by atoms with Crippen LogP contribution >= 0.6 is 0 Å². The molecular formula is C10H9F2NO4. The van der Waals surface area contributed by atoms with E-state index >= 15 is 0 Å². The first kappa shape index (κ1) is 13.0. The molecule has 0 spiro atoms. The smallest absolute Gasteiger partial charge is 0.387 e. The minimum absolute atomic E-state index is 0.0373. The van der Waals surface area contributed by atoms with E-state index in [4.69, 9.17) is 0 Å². The van der Waals surface area contributed by atoms with Crippen LogP contribution in [-0.4, -0.2) is 17.3 Å². The zero-order chi connectivity index (χ0) is 13.0. The van der Waals surface area contributed by atoms with Crippen LogP contribution in [0, 0.1) is 10.1 Å². The van der Waals surface area contributed by atoms with Crippen molar-refractivity contribution in [3.05, 3.63) is 33.9 Å². The molecule has 0 radical (unpaired) electrons. The number of ketones is 1. The topological polar surface area (TPSA) is 69.4 Å². The normalized spacial score (nSPS) is 10.4. The Morgan fingerprint density at radius 2 is 2.18 bits per heavy atom. The van der Waals surface area contributed by atoms with Gasteiger partial charge in [-0.1, -0.05) is 13.0 Å². The quantitative estimate of drug-likeness (QED) is 0.454. The van der Waals surface area contributed by atoms with E-state index in [2.05, 4.69) is 4.74 Å². The largest absolute Gasteiger partial charge is 0.434 e. The molecule has 0 heterocycles. The Hall–Kier alpha value is -2.05. The summed E-state index contributed by atoms with van der Waals surface area (Å²) in [5.74, 6) is -1.09. The Morgan fingerprint density at radius 3 is 2.65 bits per heavy atom. The number of hydrogen-bond donors (Lipinski definition) is 0. The lowest BCUT2D eigenvalue weighted by molar-refractivity contribution is -0.385. The van der Waals surface area contributed by atoms with Gasteiger partial charge in [0.2, 0.25) is 0 Å². The molecule has 7 heteroatoms. The summed E-state index contributed by atoms with van der Waals surface area (Å²) in [5.41, 5.74) is -0.949. The molecule has 0 fully saturated rings. The van der Waals surface area contributed by atoms with Gasteiger partial charge in [-0.25, -0.2) is 0 Å². The minimum atomic E-state index is -3.14. The van der Waals surface area contributed by atoms with Crippen LogP contribution in [0.1, 0.15) is 23.7 Å². The molecule has 0 unspecified atom stereocenters. The Balaban J connectivity index is 3.34. The molecule has 0 atom stereocenters. The molecule has 0 amide bonds. The van der Waals surface area contributed by atoms with Crippen LogP contribution in [0.4, 0.5) is 14.5 Å². The zero-order valence-electron chi connectivity index (χ0n) is 8.85. The fourth-order valence-electron chi connectivity index (χ4n) is 1.32. The number of benzene rings is 1. The maximum atomic E-state index is 12.1. The highest BCUT2D eigenvalue weighted by molar-refractivity contribution is 6.02. The van der Waals surface area contributed by atoms with Gasteiger partial charge in [-0.15, -0.1) is 0 Å². The van der Waals surface area contributed by atoms with Gasteiger partial charge in [-0.05, 0) is 6.07 Å². The van der Waals surface area contributed by atoms with Crippen molar-refractivity contribution in [1.82, 2.24) is 0 Å². The van der Waals surface area contributed by atoms with Crippen LogP contribution in [0.5, 0.6) is 5.75 Å². The van der Waals surface area contributed by atoms with Crippen LogP contribution < -0.4 is 4.74 Å². The molecule has 0 aliphatic carbocycles. The molecule has 0 N–H and O–H groups in total. The third-order valence-electron chi connectivity index (χ3n) is 2.02. The fraction of sp³-hybridized carbons (Fsp3) is 0.300. The average molecular weight is 245 g/mol. The van der Waals surface area contributed by atoms with E-state index in [0.29, 0.717) is 0 Å². The van der Waals surface area contributed by atoms with Gasteiger partial charge in [0.15, 0.2) is 5.78 Å². The molecule has 5 nitrogen and oxygen atoms in total. The van der Waals surface area contributed by atoms with Crippen molar-refractivity contribution in [3.63, 3.8) is 0 Å². The summed E-state index contributed by atoms with van der Waals surface area (Å²) < 4.78 is 28.3. The molecule has 0 bridgehead atoms. The Morgan fingerprint density at radius 1 is 1.53 bits per heavy atom. The van der Waals surface area contributed by atoms with Gasteiger partial charge < -0.3 is 4.74 Å². The predicted octanol–water partition coefficient (Wildman–Crippen LogP) is 2.79. The van der Waals surface area contributed by atoms with Gasteiger partial charge >= 0.3 is 6.61 Å². The lowest BCUT2D eigenvalue weighted by Crippen LogP contribution is -2.10. The summed E-state index contributed by atoms with van der Waals surface area (Å²) in [6.45, 7) is -1.66. The molecule has 1 aromatic rings. The number of nitrogens with zero attached hydrogens (tertiary/aromatic N) is 1. The first-order chi connectivity index (χ1) is 7.97. The Bertz CT molecular complexity index is 448. The number of carbonyl (C=O) groups is 1. The van der Waals surface area contributed by atoms with Crippen molar-refractivity contribution in [2.24, 2.45) is 0 Å². The highest BCUT2D eigenvalue weighted by Gasteiger charge is 2.25. The number of halogens is 2. The summed E-state index contributed by atoms with van der Waals surface area (Å²) in [4.78, 5) is 21.4. The van der Waals surface area contributed by atoms with Gasteiger partial charge in [0.05, 0.1) is 4.92 Å². The van der Waals surface area contributed by atoms with E-state index in [9.17, 15) is 23.7 Å². The van der Waals surface area contributed by atoms with Crippen molar-refractivity contribution in [2.45, 2.75) is 20.0 Å². The number of carbonyl (C=O) groups excluding carboxylic acids is 1. The van der Waals surface area contributed by atoms with E-state index in [1.807, 2.05) is 0 Å². The number of ether oxygens (including phenoxy) is 1. The number of hydrogen-bond acceptors (Lipinski definition) is 4.